The molecule has 0 aliphatic carbocycles. The number of hydrogen-bond donors (Lipinski definition) is 2. The third-order valence-electron chi connectivity index (χ3n) is 1.73. The number of aliphatic hydroxyl groups excluding tert-OH is 1. The number of aromatic nitrogens is 2. The second-order valence-electron chi connectivity index (χ2n) is 2.94. The van der Waals surface area contributed by atoms with Crippen molar-refractivity contribution in [1.82, 2.24) is 9.97 Å². The fourth-order valence-corrected chi connectivity index (χ4v) is 2.24. The predicted molar refractivity (Wildman–Crippen MR) is 72.3 cm³/mol. The van der Waals surface area contributed by atoms with Crippen LogP contribution in [-0.4, -0.2) is 39.7 Å². The fraction of sp³-hybridized carbons (Fsp3) is 0.556. The molecule has 0 bridgehead atoms. The molecule has 1 aromatic heterocycles. The molecule has 0 aliphatic rings. The molecule has 0 fully saturated rings. The number of hydrogen-bond acceptors (Lipinski definition) is 5. The molecule has 2 N–H and O–H groups in total. The summed E-state index contributed by atoms with van der Waals surface area (Å²) in [5, 5.41) is 12.2. The quantitative estimate of drug-likeness (QED) is 0.595. The minimum absolute atomic E-state index is 0.257. The monoisotopic (exact) mass is 325 g/mol. The fourth-order valence-electron chi connectivity index (χ4n) is 0.982. The van der Waals surface area contributed by atoms with E-state index in [9.17, 15) is 0 Å². The smallest absolute Gasteiger partial charge is 0.148 e. The predicted octanol–water partition coefficient (Wildman–Crippen LogP) is 2.42. The summed E-state index contributed by atoms with van der Waals surface area (Å²) >= 11 is 10.9. The highest BCUT2D eigenvalue weighted by atomic mass is 79.9. The zero-order valence-corrected chi connectivity index (χ0v) is 11.8. The molecular formula is C9H13BrClN3OS. The minimum atomic E-state index is 0.257. The van der Waals surface area contributed by atoms with Crippen LogP contribution in [0.3, 0.4) is 0 Å². The maximum absolute atomic E-state index is 8.60. The van der Waals surface area contributed by atoms with Gasteiger partial charge in [-0.1, -0.05) is 11.6 Å². The lowest BCUT2D eigenvalue weighted by Gasteiger charge is -2.07. The van der Waals surface area contributed by atoms with Gasteiger partial charge in [-0.25, -0.2) is 9.97 Å². The molecule has 4 nitrogen and oxygen atoms in total. The number of halogens is 2. The van der Waals surface area contributed by atoms with Crippen LogP contribution in [0, 0.1) is 0 Å². The Morgan fingerprint density at radius 2 is 2.25 bits per heavy atom. The van der Waals surface area contributed by atoms with Gasteiger partial charge in [0.2, 0.25) is 0 Å². The van der Waals surface area contributed by atoms with Gasteiger partial charge < -0.3 is 10.4 Å². The van der Waals surface area contributed by atoms with Crippen LogP contribution in [0.15, 0.2) is 10.8 Å². The number of nitrogens with one attached hydrogen (secondary N) is 1. The first-order valence-corrected chi connectivity index (χ1v) is 7.16. The number of nitrogens with zero attached hydrogens (tertiary/aromatic N) is 2. The van der Waals surface area contributed by atoms with Gasteiger partial charge in [-0.3, -0.25) is 0 Å². The SMILES string of the molecule is OCCCSCCNc1ncnc(Cl)c1Br. The van der Waals surface area contributed by atoms with E-state index in [1.165, 1.54) is 6.33 Å². The Kier molecular flexibility index (Phi) is 7.11. The van der Waals surface area contributed by atoms with Gasteiger partial charge in [0.1, 0.15) is 17.3 Å². The molecule has 0 saturated heterocycles. The van der Waals surface area contributed by atoms with Crippen molar-refractivity contribution < 1.29 is 5.11 Å². The Hall–Kier alpha value is -0.0400. The third kappa shape index (κ3) is 4.86. The van der Waals surface area contributed by atoms with Gasteiger partial charge in [-0.2, -0.15) is 11.8 Å². The molecule has 0 aromatic carbocycles. The van der Waals surface area contributed by atoms with E-state index in [-0.39, 0.29) is 6.61 Å². The van der Waals surface area contributed by atoms with Crippen LogP contribution in [-0.2, 0) is 0 Å². The summed E-state index contributed by atoms with van der Waals surface area (Å²) in [7, 11) is 0. The minimum Gasteiger partial charge on any atom is -0.396 e. The highest BCUT2D eigenvalue weighted by Gasteiger charge is 2.05. The molecule has 0 saturated carbocycles. The normalized spacial score (nSPS) is 10.4. The van der Waals surface area contributed by atoms with Crippen LogP contribution in [0.1, 0.15) is 6.42 Å². The summed E-state index contributed by atoms with van der Waals surface area (Å²) in [6.45, 7) is 1.07. The Morgan fingerprint density at radius 3 is 3.00 bits per heavy atom. The Bertz CT molecular complexity index is 330. The summed E-state index contributed by atoms with van der Waals surface area (Å²) in [6, 6.07) is 0. The van der Waals surface area contributed by atoms with Crippen LogP contribution in [0.4, 0.5) is 5.82 Å². The third-order valence-corrected chi connectivity index (χ3v) is 4.07. The van der Waals surface area contributed by atoms with E-state index >= 15 is 0 Å². The molecule has 1 rings (SSSR count). The summed E-state index contributed by atoms with van der Waals surface area (Å²) < 4.78 is 0.692. The second-order valence-corrected chi connectivity index (χ2v) is 5.32. The van der Waals surface area contributed by atoms with Crippen LogP contribution >= 0.6 is 39.3 Å². The van der Waals surface area contributed by atoms with E-state index in [0.717, 1.165) is 24.5 Å². The number of aliphatic hydroxyl groups is 1. The van der Waals surface area contributed by atoms with Gasteiger partial charge in [0.15, 0.2) is 0 Å². The molecule has 0 atom stereocenters. The molecule has 7 heteroatoms. The molecule has 0 radical (unpaired) electrons. The summed E-state index contributed by atoms with van der Waals surface area (Å²) in [5.74, 6) is 2.65. The highest BCUT2D eigenvalue weighted by Crippen LogP contribution is 2.25. The average molecular weight is 327 g/mol. The van der Waals surface area contributed by atoms with Crippen molar-refractivity contribution in [2.45, 2.75) is 6.42 Å². The van der Waals surface area contributed by atoms with E-state index in [1.807, 2.05) is 0 Å². The first-order chi connectivity index (χ1) is 7.75. The van der Waals surface area contributed by atoms with E-state index in [4.69, 9.17) is 16.7 Å². The van der Waals surface area contributed by atoms with Gasteiger partial charge in [0.25, 0.3) is 0 Å². The van der Waals surface area contributed by atoms with Crippen LogP contribution < -0.4 is 5.32 Å². The summed E-state index contributed by atoms with van der Waals surface area (Å²) in [4.78, 5) is 7.91. The number of anilines is 1. The highest BCUT2D eigenvalue weighted by molar-refractivity contribution is 9.10. The van der Waals surface area contributed by atoms with Crippen LogP contribution in [0.2, 0.25) is 5.15 Å². The molecule has 16 heavy (non-hydrogen) atoms. The standard InChI is InChI=1S/C9H13BrClN3OS/c10-7-8(11)13-6-14-9(7)12-2-5-16-4-1-3-15/h6,15H,1-5H2,(H,12,13,14). The van der Waals surface area contributed by atoms with Gasteiger partial charge in [0.05, 0.1) is 4.47 Å². The van der Waals surface area contributed by atoms with Crippen LogP contribution in [0.25, 0.3) is 0 Å². The molecule has 0 unspecified atom stereocenters. The Balaban J connectivity index is 2.24. The lowest BCUT2D eigenvalue weighted by molar-refractivity contribution is 0.296. The molecule has 1 aromatic rings. The summed E-state index contributed by atoms with van der Waals surface area (Å²) in [6.07, 6.45) is 2.27. The van der Waals surface area contributed by atoms with Crippen LogP contribution in [0.5, 0.6) is 0 Å². The maximum atomic E-state index is 8.60. The van der Waals surface area contributed by atoms with Gasteiger partial charge >= 0.3 is 0 Å². The van der Waals surface area contributed by atoms with Crippen molar-refractivity contribution >= 4 is 45.1 Å². The number of rotatable bonds is 7. The summed E-state index contributed by atoms with van der Waals surface area (Å²) in [5.41, 5.74) is 0. The molecular weight excluding hydrogens is 314 g/mol. The van der Waals surface area contributed by atoms with Crippen molar-refractivity contribution in [2.75, 3.05) is 30.0 Å². The van der Waals surface area contributed by atoms with E-state index < -0.39 is 0 Å². The lowest BCUT2D eigenvalue weighted by atomic mass is 10.5. The Morgan fingerprint density at radius 1 is 1.44 bits per heavy atom. The van der Waals surface area contributed by atoms with Crippen molar-refractivity contribution in [3.05, 3.63) is 16.0 Å². The second kappa shape index (κ2) is 8.11. The van der Waals surface area contributed by atoms with E-state index in [1.54, 1.807) is 11.8 Å². The van der Waals surface area contributed by atoms with Crippen molar-refractivity contribution in [2.24, 2.45) is 0 Å². The largest absolute Gasteiger partial charge is 0.396 e. The molecule has 90 valence electrons. The first-order valence-electron chi connectivity index (χ1n) is 4.84. The zero-order valence-electron chi connectivity index (χ0n) is 8.62. The van der Waals surface area contributed by atoms with Crippen molar-refractivity contribution in [3.8, 4) is 0 Å². The van der Waals surface area contributed by atoms with E-state index in [0.29, 0.717) is 15.4 Å². The first kappa shape index (κ1) is 14.0. The van der Waals surface area contributed by atoms with Crippen molar-refractivity contribution in [3.63, 3.8) is 0 Å². The number of thioether (sulfide) groups is 1. The molecule has 1 heterocycles. The Labute approximate surface area is 112 Å². The van der Waals surface area contributed by atoms with Gasteiger partial charge in [-0.15, -0.1) is 0 Å². The average Bonchev–Trinajstić information content (AvgIpc) is 2.29. The topological polar surface area (TPSA) is 58.0 Å². The van der Waals surface area contributed by atoms with Gasteiger partial charge in [0, 0.05) is 18.9 Å². The lowest BCUT2D eigenvalue weighted by Crippen LogP contribution is -2.07. The molecule has 0 amide bonds. The molecule has 0 spiro atoms. The van der Waals surface area contributed by atoms with Gasteiger partial charge in [-0.05, 0) is 28.1 Å². The molecule has 0 aliphatic heterocycles. The zero-order chi connectivity index (χ0) is 11.8. The van der Waals surface area contributed by atoms with E-state index in [2.05, 4.69) is 31.2 Å². The maximum Gasteiger partial charge on any atom is 0.148 e. The van der Waals surface area contributed by atoms with Crippen molar-refractivity contribution in [1.29, 1.82) is 0 Å².